The highest BCUT2D eigenvalue weighted by atomic mass is 32.2. The largest absolute Gasteiger partial charge is 0.494 e. The van der Waals surface area contributed by atoms with Crippen LogP contribution in [0.15, 0.2) is 53.0 Å². The van der Waals surface area contributed by atoms with Crippen molar-refractivity contribution in [1.82, 2.24) is 10.0 Å². The van der Waals surface area contributed by atoms with Gasteiger partial charge in [0.1, 0.15) is 23.0 Å². The number of aliphatic imine (C=N–C) groups is 1. The number of amidine groups is 1. The van der Waals surface area contributed by atoms with E-state index in [1.54, 1.807) is 13.0 Å². The van der Waals surface area contributed by atoms with Crippen molar-refractivity contribution in [2.45, 2.75) is 34.2 Å². The molecule has 0 aliphatic carbocycles. The molecule has 0 bridgehead atoms. The Kier molecular flexibility index (Phi) is 6.80. The lowest BCUT2D eigenvalue weighted by Crippen LogP contribution is -2.28. The van der Waals surface area contributed by atoms with E-state index < -0.39 is 10.0 Å². The van der Waals surface area contributed by atoms with Crippen molar-refractivity contribution < 1.29 is 17.9 Å². The molecule has 0 atom stereocenters. The Labute approximate surface area is 183 Å². The van der Waals surface area contributed by atoms with Gasteiger partial charge in [-0.25, -0.2) is 8.42 Å². The van der Waals surface area contributed by atoms with Crippen LogP contribution in [0.3, 0.4) is 0 Å². The lowest BCUT2D eigenvalue weighted by atomic mass is 10.0. The van der Waals surface area contributed by atoms with E-state index in [2.05, 4.69) is 15.0 Å². The van der Waals surface area contributed by atoms with E-state index in [0.717, 1.165) is 22.4 Å². The molecule has 2 aromatic rings. The zero-order valence-corrected chi connectivity index (χ0v) is 19.0. The highest BCUT2D eigenvalue weighted by Gasteiger charge is 2.32. The van der Waals surface area contributed by atoms with E-state index in [9.17, 15) is 13.2 Å². The molecule has 0 spiro atoms. The molecule has 7 nitrogen and oxygen atoms in total. The van der Waals surface area contributed by atoms with Crippen LogP contribution in [-0.2, 0) is 21.4 Å². The second-order valence-corrected chi connectivity index (χ2v) is 8.96. The number of para-hydroxylation sites is 1. The number of benzene rings is 2. The number of ether oxygens (including phenoxy) is 1. The predicted molar refractivity (Wildman–Crippen MR) is 122 cm³/mol. The summed E-state index contributed by atoms with van der Waals surface area (Å²) in [5.41, 5.74) is 4.06. The van der Waals surface area contributed by atoms with Crippen molar-refractivity contribution >= 4 is 26.7 Å². The second-order valence-electron chi connectivity index (χ2n) is 7.34. The van der Waals surface area contributed by atoms with E-state index in [-0.39, 0.29) is 23.2 Å². The third kappa shape index (κ3) is 5.14. The van der Waals surface area contributed by atoms with Gasteiger partial charge in [-0.2, -0.15) is 0 Å². The molecule has 0 unspecified atom stereocenters. The molecule has 1 amide bonds. The van der Waals surface area contributed by atoms with E-state index in [1.165, 1.54) is 0 Å². The van der Waals surface area contributed by atoms with Crippen LogP contribution >= 0.6 is 0 Å². The topological polar surface area (TPSA) is 96.9 Å². The van der Waals surface area contributed by atoms with Crippen molar-refractivity contribution in [3.05, 3.63) is 70.3 Å². The van der Waals surface area contributed by atoms with Gasteiger partial charge >= 0.3 is 0 Å². The third-order valence-corrected chi connectivity index (χ3v) is 6.64. The van der Waals surface area contributed by atoms with E-state index in [0.29, 0.717) is 24.3 Å². The van der Waals surface area contributed by atoms with Gasteiger partial charge in [-0.15, -0.1) is 0 Å². The van der Waals surface area contributed by atoms with Gasteiger partial charge in [0.2, 0.25) is 5.91 Å². The third-order valence-electron chi connectivity index (χ3n) is 5.09. The van der Waals surface area contributed by atoms with E-state index in [1.807, 2.05) is 57.2 Å². The van der Waals surface area contributed by atoms with Gasteiger partial charge in [-0.05, 0) is 50.5 Å². The molecule has 164 valence electrons. The van der Waals surface area contributed by atoms with Crippen LogP contribution in [0.2, 0.25) is 0 Å². The fraction of sp³-hybridized carbons (Fsp3) is 0.304. The molecule has 1 aliphatic heterocycles. The minimum atomic E-state index is -3.73. The van der Waals surface area contributed by atoms with Crippen LogP contribution in [0.5, 0.6) is 5.75 Å². The first-order valence-corrected chi connectivity index (χ1v) is 11.5. The molecular formula is C23H27N3O4S. The summed E-state index contributed by atoms with van der Waals surface area (Å²) in [6.07, 6.45) is 0. The van der Waals surface area contributed by atoms with Gasteiger partial charge in [0.05, 0.1) is 6.61 Å². The maximum Gasteiger partial charge on any atom is 0.264 e. The minimum Gasteiger partial charge on any atom is -0.494 e. The summed E-state index contributed by atoms with van der Waals surface area (Å²) < 4.78 is 33.4. The molecule has 0 saturated carbocycles. The zero-order chi connectivity index (χ0) is 22.6. The van der Waals surface area contributed by atoms with Crippen LogP contribution in [-0.4, -0.2) is 33.3 Å². The van der Waals surface area contributed by atoms with Gasteiger partial charge < -0.3 is 10.1 Å². The fourth-order valence-corrected chi connectivity index (χ4v) is 4.83. The number of carbonyl (C=O) groups is 1. The number of aryl methyl sites for hydroxylation is 2. The average Bonchev–Trinajstić information content (AvgIpc) is 2.96. The van der Waals surface area contributed by atoms with Crippen LogP contribution in [0.4, 0.5) is 0 Å². The molecule has 2 aromatic carbocycles. The van der Waals surface area contributed by atoms with Gasteiger partial charge in [-0.1, -0.05) is 36.4 Å². The molecule has 0 fully saturated rings. The minimum absolute atomic E-state index is 0.188. The standard InChI is InChI=1S/C23H27N3O4S/c1-5-30-20-9-7-6-8-19(20)13-24-21(27)14-25-23-17(4)22(31(28,29)26-23)18-11-10-15(2)16(3)12-18/h6-12H,5,13-14H2,1-4H3,(H,24,27)(H,25,26). The lowest BCUT2D eigenvalue weighted by molar-refractivity contribution is -0.119. The summed E-state index contributed by atoms with van der Waals surface area (Å²) in [6.45, 7) is 8.15. The maximum atomic E-state index is 12.7. The molecule has 0 radical (unpaired) electrons. The van der Waals surface area contributed by atoms with Gasteiger partial charge in [0, 0.05) is 17.7 Å². The van der Waals surface area contributed by atoms with Crippen molar-refractivity contribution in [2.75, 3.05) is 13.2 Å². The summed E-state index contributed by atoms with van der Waals surface area (Å²) in [5, 5.41) is 2.79. The van der Waals surface area contributed by atoms with E-state index in [4.69, 9.17) is 4.74 Å². The molecular weight excluding hydrogens is 414 g/mol. The highest BCUT2D eigenvalue weighted by Crippen LogP contribution is 2.30. The summed E-state index contributed by atoms with van der Waals surface area (Å²) in [6, 6.07) is 13.0. The predicted octanol–water partition coefficient (Wildman–Crippen LogP) is 3.08. The molecule has 1 heterocycles. The molecule has 0 saturated heterocycles. The van der Waals surface area contributed by atoms with Gasteiger partial charge in [0.25, 0.3) is 10.0 Å². The first kappa shape index (κ1) is 22.6. The summed E-state index contributed by atoms with van der Waals surface area (Å²) in [7, 11) is -3.73. The smallest absolute Gasteiger partial charge is 0.264 e. The molecule has 0 aromatic heterocycles. The Morgan fingerprint density at radius 3 is 2.55 bits per heavy atom. The monoisotopic (exact) mass is 441 g/mol. The molecule has 2 N–H and O–H groups in total. The zero-order valence-electron chi connectivity index (χ0n) is 18.2. The lowest BCUT2D eigenvalue weighted by Gasteiger charge is -2.10. The maximum absolute atomic E-state index is 12.7. The quantitative estimate of drug-likeness (QED) is 0.690. The van der Waals surface area contributed by atoms with Crippen molar-refractivity contribution in [3.63, 3.8) is 0 Å². The highest BCUT2D eigenvalue weighted by molar-refractivity contribution is 8.00. The van der Waals surface area contributed by atoms with Gasteiger partial charge in [0.15, 0.2) is 0 Å². The van der Waals surface area contributed by atoms with Crippen molar-refractivity contribution in [3.8, 4) is 5.75 Å². The Bertz CT molecular complexity index is 1170. The number of rotatable bonds is 7. The summed E-state index contributed by atoms with van der Waals surface area (Å²) in [4.78, 5) is 16.7. The number of nitrogens with zero attached hydrogens (tertiary/aromatic N) is 1. The molecule has 31 heavy (non-hydrogen) atoms. The number of nitrogens with one attached hydrogen (secondary N) is 2. The van der Waals surface area contributed by atoms with E-state index >= 15 is 0 Å². The SMILES string of the molecule is CCOc1ccccc1CNC(=O)CN=C1NS(=O)(=O)C(c2ccc(C)c(C)c2)=C1C. The summed E-state index contributed by atoms with van der Waals surface area (Å²) in [5.74, 6) is 0.598. The Balaban J connectivity index is 1.73. The number of amides is 1. The summed E-state index contributed by atoms with van der Waals surface area (Å²) >= 11 is 0. The molecule has 1 aliphatic rings. The first-order chi connectivity index (χ1) is 14.7. The van der Waals surface area contributed by atoms with Crippen LogP contribution in [0.1, 0.15) is 36.1 Å². The van der Waals surface area contributed by atoms with Crippen LogP contribution in [0, 0.1) is 13.8 Å². The Hall–Kier alpha value is -3.13. The number of carbonyl (C=O) groups excluding carboxylic acids is 1. The van der Waals surface area contributed by atoms with Crippen molar-refractivity contribution in [2.24, 2.45) is 4.99 Å². The number of hydrogen-bond acceptors (Lipinski definition) is 5. The first-order valence-electron chi connectivity index (χ1n) is 10.1. The Morgan fingerprint density at radius 1 is 1.10 bits per heavy atom. The second kappa shape index (κ2) is 9.34. The molecule has 3 rings (SSSR count). The normalized spacial score (nSPS) is 16.3. The van der Waals surface area contributed by atoms with Crippen LogP contribution < -0.4 is 14.8 Å². The molecule has 8 heteroatoms. The average molecular weight is 442 g/mol. The van der Waals surface area contributed by atoms with Crippen LogP contribution in [0.25, 0.3) is 4.91 Å². The number of hydrogen-bond donors (Lipinski definition) is 2. The van der Waals surface area contributed by atoms with Gasteiger partial charge in [-0.3, -0.25) is 14.5 Å². The van der Waals surface area contributed by atoms with Crippen molar-refractivity contribution in [1.29, 1.82) is 0 Å². The Morgan fingerprint density at radius 2 is 1.84 bits per heavy atom. The fourth-order valence-electron chi connectivity index (χ4n) is 3.32. The number of sulfonamides is 1.